The highest BCUT2D eigenvalue weighted by Crippen LogP contribution is 2.08. The summed E-state index contributed by atoms with van der Waals surface area (Å²) in [6.45, 7) is 5.81. The third-order valence-corrected chi connectivity index (χ3v) is 1.83. The van der Waals surface area contributed by atoms with Crippen LogP contribution in [0, 0.1) is 5.92 Å². The molecule has 0 saturated carbocycles. The zero-order valence-corrected chi connectivity index (χ0v) is 8.79. The Hall–Kier alpha value is -0.630. The summed E-state index contributed by atoms with van der Waals surface area (Å²) in [5.74, 6) is 0.673. The van der Waals surface area contributed by atoms with Crippen LogP contribution in [-0.4, -0.2) is 17.0 Å². The summed E-state index contributed by atoms with van der Waals surface area (Å²) in [7, 11) is 0. The molecule has 0 rings (SSSR count). The van der Waals surface area contributed by atoms with Crippen LogP contribution in [0.15, 0.2) is 12.2 Å². The number of hydrogen-bond donors (Lipinski definition) is 1. The summed E-state index contributed by atoms with van der Waals surface area (Å²) in [5.41, 5.74) is 0. The maximum Gasteiger partial charge on any atom is 0.152 e. The molecule has 0 fully saturated rings. The Morgan fingerprint density at radius 3 is 2.46 bits per heavy atom. The summed E-state index contributed by atoms with van der Waals surface area (Å²) in [6, 6.07) is 0. The van der Waals surface area contributed by atoms with Gasteiger partial charge < -0.3 is 5.11 Å². The summed E-state index contributed by atoms with van der Waals surface area (Å²) < 4.78 is 0. The van der Waals surface area contributed by atoms with Crippen molar-refractivity contribution in [2.24, 2.45) is 5.92 Å². The van der Waals surface area contributed by atoms with Gasteiger partial charge in [-0.3, -0.25) is 4.79 Å². The molecule has 0 aromatic rings. The first-order chi connectivity index (χ1) is 6.02. The molecule has 0 aliphatic heterocycles. The van der Waals surface area contributed by atoms with Gasteiger partial charge >= 0.3 is 0 Å². The van der Waals surface area contributed by atoms with E-state index in [0.717, 1.165) is 19.3 Å². The van der Waals surface area contributed by atoms with E-state index in [1.54, 1.807) is 6.08 Å². The van der Waals surface area contributed by atoms with E-state index in [1.807, 2.05) is 0 Å². The van der Waals surface area contributed by atoms with Gasteiger partial charge in [0, 0.05) is 0 Å². The topological polar surface area (TPSA) is 37.3 Å². The van der Waals surface area contributed by atoms with Crippen LogP contribution in [0.4, 0.5) is 0 Å². The van der Waals surface area contributed by atoms with Crippen molar-refractivity contribution < 1.29 is 9.90 Å². The van der Waals surface area contributed by atoms with E-state index in [1.165, 1.54) is 13.0 Å². The molecular weight excluding hydrogens is 164 g/mol. The van der Waals surface area contributed by atoms with E-state index in [-0.39, 0.29) is 5.78 Å². The van der Waals surface area contributed by atoms with Crippen molar-refractivity contribution in [2.45, 2.75) is 46.1 Å². The van der Waals surface area contributed by atoms with Crippen LogP contribution < -0.4 is 0 Å². The number of carbonyl (C=O) groups excluding carboxylic acids is 1. The lowest BCUT2D eigenvalue weighted by molar-refractivity contribution is -0.112. The first-order valence-corrected chi connectivity index (χ1v) is 4.89. The van der Waals surface area contributed by atoms with Crippen LogP contribution in [0.1, 0.15) is 40.0 Å². The molecule has 2 nitrogen and oxygen atoms in total. The molecule has 0 bridgehead atoms. The average molecular weight is 184 g/mol. The van der Waals surface area contributed by atoms with Crippen molar-refractivity contribution in [1.29, 1.82) is 0 Å². The molecule has 0 saturated heterocycles. The highest BCUT2D eigenvalue weighted by Gasteiger charge is 2.00. The molecule has 0 aromatic carbocycles. The molecule has 0 heterocycles. The summed E-state index contributed by atoms with van der Waals surface area (Å²) in [4.78, 5) is 10.5. The third kappa shape index (κ3) is 9.28. The van der Waals surface area contributed by atoms with Crippen molar-refractivity contribution in [1.82, 2.24) is 0 Å². The van der Waals surface area contributed by atoms with Gasteiger partial charge in [-0.2, -0.15) is 0 Å². The molecule has 0 spiro atoms. The third-order valence-electron chi connectivity index (χ3n) is 1.83. The molecule has 0 aromatic heterocycles. The molecule has 1 unspecified atom stereocenters. The van der Waals surface area contributed by atoms with Gasteiger partial charge in [-0.25, -0.2) is 0 Å². The van der Waals surface area contributed by atoms with Crippen LogP contribution in [-0.2, 0) is 4.79 Å². The highest BCUT2D eigenvalue weighted by molar-refractivity contribution is 5.87. The largest absolute Gasteiger partial charge is 0.389 e. The van der Waals surface area contributed by atoms with E-state index in [9.17, 15) is 9.90 Å². The van der Waals surface area contributed by atoms with Crippen LogP contribution in [0.5, 0.6) is 0 Å². The van der Waals surface area contributed by atoms with Gasteiger partial charge in [0.25, 0.3) is 0 Å². The lowest BCUT2D eigenvalue weighted by Crippen LogP contribution is -2.03. The molecule has 0 amide bonds. The van der Waals surface area contributed by atoms with Crippen molar-refractivity contribution in [3.63, 3.8) is 0 Å². The maximum absolute atomic E-state index is 10.5. The van der Waals surface area contributed by atoms with E-state index >= 15 is 0 Å². The van der Waals surface area contributed by atoms with Gasteiger partial charge in [0.05, 0.1) is 6.10 Å². The lowest BCUT2D eigenvalue weighted by Gasteiger charge is -2.06. The van der Waals surface area contributed by atoms with Crippen LogP contribution in [0.25, 0.3) is 0 Å². The summed E-state index contributed by atoms with van der Waals surface area (Å²) in [5, 5.41) is 9.37. The van der Waals surface area contributed by atoms with Crippen molar-refractivity contribution in [2.75, 3.05) is 0 Å². The van der Waals surface area contributed by atoms with Crippen LogP contribution >= 0.6 is 0 Å². The first-order valence-electron chi connectivity index (χ1n) is 4.89. The fourth-order valence-electron chi connectivity index (χ4n) is 1.08. The lowest BCUT2D eigenvalue weighted by atomic mass is 10.0. The minimum absolute atomic E-state index is 0.0112. The normalized spacial score (nSPS) is 13.9. The van der Waals surface area contributed by atoms with Crippen LogP contribution in [0.3, 0.4) is 0 Å². The minimum atomic E-state index is -0.456. The Balaban J connectivity index is 3.51. The van der Waals surface area contributed by atoms with Crippen LogP contribution in [0.2, 0.25) is 0 Å². The number of ketones is 1. The molecule has 1 atom stereocenters. The fourth-order valence-corrected chi connectivity index (χ4v) is 1.08. The predicted octanol–water partition coefficient (Wildman–Crippen LogP) is 2.32. The first kappa shape index (κ1) is 12.4. The van der Waals surface area contributed by atoms with Crippen molar-refractivity contribution >= 4 is 5.78 Å². The van der Waals surface area contributed by atoms with E-state index < -0.39 is 6.10 Å². The van der Waals surface area contributed by atoms with E-state index in [0.29, 0.717) is 5.92 Å². The molecule has 0 aliphatic rings. The molecule has 76 valence electrons. The van der Waals surface area contributed by atoms with E-state index in [2.05, 4.69) is 13.8 Å². The molecule has 13 heavy (non-hydrogen) atoms. The Kier molecular flexibility index (Phi) is 6.51. The molecule has 2 heteroatoms. The summed E-state index contributed by atoms with van der Waals surface area (Å²) in [6.07, 6.45) is 5.44. The van der Waals surface area contributed by atoms with Gasteiger partial charge in [0.15, 0.2) is 5.78 Å². The summed E-state index contributed by atoms with van der Waals surface area (Å²) >= 11 is 0. The van der Waals surface area contributed by atoms with Gasteiger partial charge in [0.2, 0.25) is 0 Å². The standard InChI is InChI=1S/C11H20O2/c1-9(2)5-4-6-11(13)8-7-10(3)12/h7-9,11,13H,4-6H2,1-3H3/b8-7+. The fraction of sp³-hybridized carbons (Fsp3) is 0.727. The maximum atomic E-state index is 10.5. The second-order valence-electron chi connectivity index (χ2n) is 3.86. The number of aliphatic hydroxyl groups excluding tert-OH is 1. The Labute approximate surface area is 80.7 Å². The zero-order valence-electron chi connectivity index (χ0n) is 8.79. The number of carbonyl (C=O) groups is 1. The monoisotopic (exact) mass is 184 g/mol. The number of aliphatic hydroxyl groups is 1. The quantitative estimate of drug-likeness (QED) is 0.643. The predicted molar refractivity (Wildman–Crippen MR) is 54.5 cm³/mol. The number of rotatable bonds is 6. The molecule has 0 radical (unpaired) electrons. The number of allylic oxidation sites excluding steroid dienone is 1. The molecule has 1 N–H and O–H groups in total. The Bertz CT molecular complexity index is 171. The van der Waals surface area contributed by atoms with Gasteiger partial charge in [-0.05, 0) is 25.3 Å². The average Bonchev–Trinajstić information content (AvgIpc) is 2.00. The highest BCUT2D eigenvalue weighted by atomic mass is 16.3. The minimum Gasteiger partial charge on any atom is -0.389 e. The molecule has 0 aliphatic carbocycles. The molecular formula is C11H20O2. The Morgan fingerprint density at radius 1 is 1.38 bits per heavy atom. The second kappa shape index (κ2) is 6.84. The van der Waals surface area contributed by atoms with Gasteiger partial charge in [-0.1, -0.05) is 32.8 Å². The van der Waals surface area contributed by atoms with Gasteiger partial charge in [0.1, 0.15) is 0 Å². The zero-order chi connectivity index (χ0) is 10.3. The van der Waals surface area contributed by atoms with Gasteiger partial charge in [-0.15, -0.1) is 0 Å². The second-order valence-corrected chi connectivity index (χ2v) is 3.86. The SMILES string of the molecule is CC(=O)/C=C/C(O)CCCC(C)C. The smallest absolute Gasteiger partial charge is 0.152 e. The Morgan fingerprint density at radius 2 is 2.00 bits per heavy atom. The number of hydrogen-bond acceptors (Lipinski definition) is 2. The van der Waals surface area contributed by atoms with E-state index in [4.69, 9.17) is 0 Å². The van der Waals surface area contributed by atoms with Crippen molar-refractivity contribution in [3.05, 3.63) is 12.2 Å². The van der Waals surface area contributed by atoms with Crippen molar-refractivity contribution in [3.8, 4) is 0 Å².